The van der Waals surface area contributed by atoms with Crippen LogP contribution in [0.2, 0.25) is 13.1 Å². The third-order valence-electron chi connectivity index (χ3n) is 3.29. The number of allylic oxidation sites excluding steroid dienone is 1. The lowest BCUT2D eigenvalue weighted by Crippen LogP contribution is -2.42. The first kappa shape index (κ1) is 9.72. The zero-order chi connectivity index (χ0) is 10.3. The van der Waals surface area contributed by atoms with Crippen LogP contribution in [-0.4, -0.2) is 8.07 Å². The highest BCUT2D eigenvalue weighted by Gasteiger charge is 2.35. The van der Waals surface area contributed by atoms with Gasteiger partial charge in [-0.3, -0.25) is 0 Å². The standard InChI is InChI=1S/C13H18Si/c1-10(2)13-9-11-7-5-6-8-12(11)14(13,3)4/h5-10H,1-4H3. The molecule has 0 radical (unpaired) electrons. The summed E-state index contributed by atoms with van der Waals surface area (Å²) in [7, 11) is -1.29. The van der Waals surface area contributed by atoms with Gasteiger partial charge in [0.1, 0.15) is 8.07 Å². The monoisotopic (exact) mass is 202 g/mol. The van der Waals surface area contributed by atoms with E-state index in [0.717, 1.165) is 0 Å². The maximum absolute atomic E-state index is 2.46. The molecule has 1 aliphatic heterocycles. The van der Waals surface area contributed by atoms with Gasteiger partial charge < -0.3 is 0 Å². The summed E-state index contributed by atoms with van der Waals surface area (Å²) < 4.78 is 0. The molecule has 1 heterocycles. The van der Waals surface area contributed by atoms with Gasteiger partial charge in [-0.2, -0.15) is 0 Å². The third kappa shape index (κ3) is 1.27. The van der Waals surface area contributed by atoms with E-state index in [1.807, 2.05) is 0 Å². The molecule has 74 valence electrons. The van der Waals surface area contributed by atoms with Crippen LogP contribution < -0.4 is 5.19 Å². The highest BCUT2D eigenvalue weighted by Crippen LogP contribution is 2.31. The smallest absolute Gasteiger partial charge is 0.0730 e. The fraction of sp³-hybridized carbons (Fsp3) is 0.385. The van der Waals surface area contributed by atoms with Crippen LogP contribution in [0, 0.1) is 5.92 Å². The van der Waals surface area contributed by atoms with Crippen LogP contribution in [0.3, 0.4) is 0 Å². The lowest BCUT2D eigenvalue weighted by atomic mass is 10.1. The second kappa shape index (κ2) is 3.09. The van der Waals surface area contributed by atoms with Crippen LogP contribution in [0.1, 0.15) is 19.4 Å². The van der Waals surface area contributed by atoms with E-state index in [4.69, 9.17) is 0 Å². The van der Waals surface area contributed by atoms with Gasteiger partial charge in [0.15, 0.2) is 0 Å². The van der Waals surface area contributed by atoms with Gasteiger partial charge in [-0.05, 0) is 16.7 Å². The lowest BCUT2D eigenvalue weighted by molar-refractivity contribution is 0.812. The van der Waals surface area contributed by atoms with Crippen LogP contribution in [-0.2, 0) is 0 Å². The van der Waals surface area contributed by atoms with Crippen molar-refractivity contribution < 1.29 is 0 Å². The highest BCUT2D eigenvalue weighted by atomic mass is 28.3. The van der Waals surface area contributed by atoms with Crippen molar-refractivity contribution >= 4 is 19.3 Å². The Hall–Kier alpha value is -0.823. The van der Waals surface area contributed by atoms with Crippen molar-refractivity contribution in [3.05, 3.63) is 35.0 Å². The molecule has 0 aromatic heterocycles. The molecule has 0 aliphatic carbocycles. The van der Waals surface area contributed by atoms with Gasteiger partial charge in [0, 0.05) is 0 Å². The van der Waals surface area contributed by atoms with E-state index in [1.54, 1.807) is 10.4 Å². The van der Waals surface area contributed by atoms with Gasteiger partial charge >= 0.3 is 0 Å². The molecule has 1 aromatic carbocycles. The van der Waals surface area contributed by atoms with E-state index < -0.39 is 8.07 Å². The average molecular weight is 202 g/mol. The third-order valence-corrected chi connectivity index (χ3v) is 7.26. The van der Waals surface area contributed by atoms with E-state index in [0.29, 0.717) is 5.92 Å². The summed E-state index contributed by atoms with van der Waals surface area (Å²) in [5.74, 6) is 0.698. The molecule has 2 rings (SSSR count). The van der Waals surface area contributed by atoms with E-state index in [9.17, 15) is 0 Å². The summed E-state index contributed by atoms with van der Waals surface area (Å²) in [5, 5.41) is 3.31. The minimum absolute atomic E-state index is 0.698. The summed E-state index contributed by atoms with van der Waals surface area (Å²) in [4.78, 5) is 0. The van der Waals surface area contributed by atoms with Crippen molar-refractivity contribution in [3.63, 3.8) is 0 Å². The van der Waals surface area contributed by atoms with Crippen LogP contribution in [0.5, 0.6) is 0 Å². The first-order valence-corrected chi connectivity index (χ1v) is 8.35. The average Bonchev–Trinajstić information content (AvgIpc) is 2.39. The molecule has 0 N–H and O–H groups in total. The topological polar surface area (TPSA) is 0 Å². The minimum Gasteiger partial charge on any atom is -0.0730 e. The normalized spacial score (nSPS) is 18.2. The molecule has 0 atom stereocenters. The Labute approximate surface area is 87.7 Å². The molecular formula is C13H18Si. The number of benzene rings is 1. The Morgan fingerprint density at radius 3 is 2.29 bits per heavy atom. The number of rotatable bonds is 1. The Morgan fingerprint density at radius 1 is 1.07 bits per heavy atom. The predicted molar refractivity (Wildman–Crippen MR) is 66.4 cm³/mol. The molecule has 0 unspecified atom stereocenters. The summed E-state index contributed by atoms with van der Waals surface area (Å²) in [6.07, 6.45) is 2.42. The van der Waals surface area contributed by atoms with Gasteiger partial charge in [0.05, 0.1) is 0 Å². The predicted octanol–water partition coefficient (Wildman–Crippen LogP) is 3.19. The van der Waals surface area contributed by atoms with Crippen molar-refractivity contribution in [2.24, 2.45) is 5.92 Å². The molecular weight excluding hydrogens is 184 g/mol. The van der Waals surface area contributed by atoms with Gasteiger partial charge in [0.25, 0.3) is 0 Å². The highest BCUT2D eigenvalue weighted by molar-refractivity contribution is 6.98. The lowest BCUT2D eigenvalue weighted by Gasteiger charge is -2.24. The SMILES string of the molecule is CC(C)C1=Cc2ccccc2[Si]1(C)C. The van der Waals surface area contributed by atoms with Crippen molar-refractivity contribution in [2.45, 2.75) is 26.9 Å². The number of hydrogen-bond donors (Lipinski definition) is 0. The molecule has 0 amide bonds. The second-order valence-electron chi connectivity index (χ2n) is 4.97. The number of hydrogen-bond acceptors (Lipinski definition) is 0. The van der Waals surface area contributed by atoms with E-state index in [1.165, 1.54) is 5.56 Å². The summed E-state index contributed by atoms with van der Waals surface area (Å²) >= 11 is 0. The molecule has 1 heteroatoms. The molecule has 0 fully saturated rings. The van der Waals surface area contributed by atoms with Crippen molar-refractivity contribution in [2.75, 3.05) is 0 Å². The molecule has 14 heavy (non-hydrogen) atoms. The fourth-order valence-corrected chi connectivity index (χ4v) is 6.24. The molecule has 0 saturated heterocycles. The van der Waals surface area contributed by atoms with Crippen LogP contribution in [0.15, 0.2) is 29.5 Å². The molecule has 1 aromatic rings. The molecule has 0 bridgehead atoms. The number of fused-ring (bicyclic) bond motifs is 1. The summed E-state index contributed by atoms with van der Waals surface area (Å²) in [6.45, 7) is 9.55. The van der Waals surface area contributed by atoms with Gasteiger partial charge in [-0.1, -0.05) is 62.5 Å². The minimum atomic E-state index is -1.29. The van der Waals surface area contributed by atoms with Gasteiger partial charge in [-0.15, -0.1) is 0 Å². The first-order valence-electron chi connectivity index (χ1n) is 5.35. The molecule has 1 aliphatic rings. The largest absolute Gasteiger partial charge is 0.108 e. The second-order valence-corrected chi connectivity index (χ2v) is 9.33. The maximum Gasteiger partial charge on any atom is 0.108 e. The summed E-state index contributed by atoms with van der Waals surface area (Å²) in [6, 6.07) is 8.88. The van der Waals surface area contributed by atoms with Gasteiger partial charge in [-0.25, -0.2) is 0 Å². The fourth-order valence-electron chi connectivity index (χ4n) is 2.58. The van der Waals surface area contributed by atoms with E-state index >= 15 is 0 Å². The maximum atomic E-state index is 2.46. The zero-order valence-electron chi connectivity index (χ0n) is 9.46. The van der Waals surface area contributed by atoms with E-state index in [-0.39, 0.29) is 0 Å². The quantitative estimate of drug-likeness (QED) is 0.614. The molecule has 0 nitrogen and oxygen atoms in total. The molecule has 0 saturated carbocycles. The van der Waals surface area contributed by atoms with E-state index in [2.05, 4.69) is 57.3 Å². The van der Waals surface area contributed by atoms with Crippen molar-refractivity contribution in [1.82, 2.24) is 0 Å². The van der Waals surface area contributed by atoms with Crippen molar-refractivity contribution in [1.29, 1.82) is 0 Å². The van der Waals surface area contributed by atoms with Gasteiger partial charge in [0.2, 0.25) is 0 Å². The Morgan fingerprint density at radius 2 is 1.71 bits per heavy atom. The first-order chi connectivity index (χ1) is 6.53. The zero-order valence-corrected chi connectivity index (χ0v) is 10.5. The van der Waals surface area contributed by atoms with Crippen LogP contribution in [0.4, 0.5) is 0 Å². The Balaban J connectivity index is 2.56. The van der Waals surface area contributed by atoms with Crippen LogP contribution in [0.25, 0.3) is 6.08 Å². The van der Waals surface area contributed by atoms with Crippen molar-refractivity contribution in [3.8, 4) is 0 Å². The van der Waals surface area contributed by atoms with Crippen LogP contribution >= 0.6 is 0 Å². The molecule has 0 spiro atoms. The Kier molecular flexibility index (Phi) is 2.15. The Bertz CT molecular complexity index is 386. The summed E-state index contributed by atoms with van der Waals surface area (Å²) in [5.41, 5.74) is 1.47.